The number of aryl methyl sites for hydroxylation is 1. The number of amides is 1. The highest BCUT2D eigenvalue weighted by molar-refractivity contribution is 7.92. The molecule has 0 saturated heterocycles. The molecule has 0 radical (unpaired) electrons. The molecule has 1 aromatic heterocycles. The predicted octanol–water partition coefficient (Wildman–Crippen LogP) is 4.29. The van der Waals surface area contributed by atoms with E-state index < -0.39 is 15.6 Å². The molecule has 35 heavy (non-hydrogen) atoms. The molecule has 1 amide bonds. The van der Waals surface area contributed by atoms with E-state index in [0.717, 1.165) is 25.7 Å². The maximum Gasteiger partial charge on any atom is 0.296 e. The van der Waals surface area contributed by atoms with Gasteiger partial charge in [-0.05, 0) is 57.0 Å². The fraction of sp³-hybridized carbons (Fsp3) is 0.385. The number of benzene rings is 2. The number of hydrogen-bond donors (Lipinski definition) is 2. The van der Waals surface area contributed by atoms with Crippen molar-refractivity contribution in [2.45, 2.75) is 64.3 Å². The largest absolute Gasteiger partial charge is 0.350 e. The SMILES string of the molecule is CCCCCC(C)NC(=O)c1cc(S(=O)(=O)Nc2c(C)n(C)n(-c3ccccc3)c2=O)ccc1C. The molecule has 8 nitrogen and oxygen atoms in total. The van der Waals surface area contributed by atoms with Gasteiger partial charge in [-0.1, -0.05) is 50.5 Å². The lowest BCUT2D eigenvalue weighted by Gasteiger charge is -2.15. The van der Waals surface area contributed by atoms with E-state index in [1.54, 1.807) is 55.9 Å². The molecule has 0 bridgehead atoms. The van der Waals surface area contributed by atoms with Gasteiger partial charge in [-0.2, -0.15) is 0 Å². The monoisotopic (exact) mass is 498 g/mol. The summed E-state index contributed by atoms with van der Waals surface area (Å²) < 4.78 is 31.9. The highest BCUT2D eigenvalue weighted by Gasteiger charge is 2.24. The van der Waals surface area contributed by atoms with Gasteiger partial charge in [0.25, 0.3) is 21.5 Å². The summed E-state index contributed by atoms with van der Waals surface area (Å²) in [4.78, 5) is 25.9. The summed E-state index contributed by atoms with van der Waals surface area (Å²) in [6, 6.07) is 13.4. The Kier molecular flexibility index (Phi) is 8.22. The van der Waals surface area contributed by atoms with Crippen LogP contribution in [0.25, 0.3) is 5.69 Å². The minimum absolute atomic E-state index is 0.0183. The van der Waals surface area contributed by atoms with E-state index >= 15 is 0 Å². The van der Waals surface area contributed by atoms with Crippen LogP contribution < -0.4 is 15.6 Å². The third-order valence-corrected chi connectivity index (χ3v) is 7.52. The molecular formula is C26H34N4O4S. The first-order chi connectivity index (χ1) is 16.6. The van der Waals surface area contributed by atoms with E-state index in [1.807, 2.05) is 13.0 Å². The number of aromatic nitrogens is 2. The number of anilines is 1. The van der Waals surface area contributed by atoms with Gasteiger partial charge >= 0.3 is 0 Å². The molecule has 0 spiro atoms. The first kappa shape index (κ1) is 26.3. The summed E-state index contributed by atoms with van der Waals surface area (Å²) in [5.74, 6) is -0.314. The molecule has 1 unspecified atom stereocenters. The van der Waals surface area contributed by atoms with Gasteiger partial charge in [0.05, 0.1) is 16.3 Å². The number of sulfonamides is 1. The second-order valence-corrected chi connectivity index (χ2v) is 10.6. The molecule has 3 rings (SSSR count). The first-order valence-corrected chi connectivity index (χ1v) is 13.3. The summed E-state index contributed by atoms with van der Waals surface area (Å²) in [5, 5.41) is 2.96. The Balaban J connectivity index is 1.89. The van der Waals surface area contributed by atoms with Crippen LogP contribution in [-0.2, 0) is 17.1 Å². The smallest absolute Gasteiger partial charge is 0.296 e. The number of rotatable bonds is 10. The van der Waals surface area contributed by atoms with Crippen LogP contribution in [0, 0.1) is 13.8 Å². The van der Waals surface area contributed by atoms with Crippen LogP contribution in [0.4, 0.5) is 5.69 Å². The molecule has 188 valence electrons. The van der Waals surface area contributed by atoms with Crippen LogP contribution in [0.15, 0.2) is 58.2 Å². The maximum atomic E-state index is 13.2. The lowest BCUT2D eigenvalue weighted by Crippen LogP contribution is -2.33. The van der Waals surface area contributed by atoms with Crippen LogP contribution in [0.2, 0.25) is 0 Å². The Morgan fingerprint density at radius 1 is 1.06 bits per heavy atom. The number of para-hydroxylation sites is 1. The number of hydrogen-bond acceptors (Lipinski definition) is 4. The maximum absolute atomic E-state index is 13.2. The van der Waals surface area contributed by atoms with Crippen molar-refractivity contribution in [2.75, 3.05) is 4.72 Å². The highest BCUT2D eigenvalue weighted by atomic mass is 32.2. The summed E-state index contributed by atoms with van der Waals surface area (Å²) >= 11 is 0. The van der Waals surface area contributed by atoms with Gasteiger partial charge in [0.15, 0.2) is 0 Å². The van der Waals surface area contributed by atoms with E-state index in [9.17, 15) is 18.0 Å². The van der Waals surface area contributed by atoms with E-state index in [4.69, 9.17) is 0 Å². The fourth-order valence-electron chi connectivity index (χ4n) is 3.97. The molecule has 0 fully saturated rings. The molecule has 2 N–H and O–H groups in total. The Morgan fingerprint density at radius 3 is 2.40 bits per heavy atom. The number of carbonyl (C=O) groups is 1. The van der Waals surface area contributed by atoms with Gasteiger partial charge in [-0.15, -0.1) is 0 Å². The molecule has 1 atom stereocenters. The van der Waals surface area contributed by atoms with E-state index in [-0.39, 0.29) is 22.5 Å². The third kappa shape index (κ3) is 5.85. The van der Waals surface area contributed by atoms with Crippen molar-refractivity contribution in [1.29, 1.82) is 0 Å². The van der Waals surface area contributed by atoms with Crippen LogP contribution in [-0.4, -0.2) is 29.7 Å². The zero-order valence-electron chi connectivity index (χ0n) is 21.0. The molecule has 1 heterocycles. The van der Waals surface area contributed by atoms with Gasteiger partial charge in [-0.3, -0.25) is 19.0 Å². The van der Waals surface area contributed by atoms with Gasteiger partial charge in [0.1, 0.15) is 5.69 Å². The molecule has 9 heteroatoms. The summed E-state index contributed by atoms with van der Waals surface area (Å²) in [6.45, 7) is 7.51. The lowest BCUT2D eigenvalue weighted by atomic mass is 10.1. The van der Waals surface area contributed by atoms with Crippen molar-refractivity contribution in [3.05, 3.63) is 75.7 Å². The molecule has 0 aliphatic heterocycles. The predicted molar refractivity (Wildman–Crippen MR) is 139 cm³/mol. The number of unbranched alkanes of at least 4 members (excludes halogenated alkanes) is 2. The molecule has 2 aromatic carbocycles. The Bertz CT molecular complexity index is 1360. The van der Waals surface area contributed by atoms with Crippen molar-refractivity contribution < 1.29 is 13.2 Å². The van der Waals surface area contributed by atoms with Gasteiger partial charge in [-0.25, -0.2) is 13.1 Å². The molecule has 3 aromatic rings. The third-order valence-electron chi connectivity index (χ3n) is 6.17. The highest BCUT2D eigenvalue weighted by Crippen LogP contribution is 2.21. The Hall–Kier alpha value is -3.33. The zero-order valence-corrected chi connectivity index (χ0v) is 21.8. The number of nitrogens with one attached hydrogen (secondary N) is 2. The normalized spacial score (nSPS) is 12.4. The Labute approximate surface area is 207 Å². The van der Waals surface area contributed by atoms with Crippen molar-refractivity contribution in [3.8, 4) is 5.69 Å². The van der Waals surface area contributed by atoms with Crippen molar-refractivity contribution in [3.63, 3.8) is 0 Å². The molecule has 0 saturated carbocycles. The average molecular weight is 499 g/mol. The minimum Gasteiger partial charge on any atom is -0.350 e. The van der Waals surface area contributed by atoms with Crippen molar-refractivity contribution >= 4 is 21.6 Å². The second kappa shape index (κ2) is 10.9. The number of nitrogens with zero attached hydrogens (tertiary/aromatic N) is 2. The summed E-state index contributed by atoms with van der Waals surface area (Å²) in [5.41, 5.74) is 1.54. The zero-order chi connectivity index (χ0) is 25.8. The van der Waals surface area contributed by atoms with E-state index in [2.05, 4.69) is 17.0 Å². The van der Waals surface area contributed by atoms with Crippen LogP contribution in [0.3, 0.4) is 0 Å². The average Bonchev–Trinajstić information content (AvgIpc) is 3.02. The second-order valence-electron chi connectivity index (χ2n) is 8.89. The van der Waals surface area contributed by atoms with Gasteiger partial charge < -0.3 is 5.32 Å². The van der Waals surface area contributed by atoms with Crippen LogP contribution >= 0.6 is 0 Å². The molecule has 0 aliphatic carbocycles. The van der Waals surface area contributed by atoms with Crippen molar-refractivity contribution in [2.24, 2.45) is 7.05 Å². The minimum atomic E-state index is -4.12. The van der Waals surface area contributed by atoms with Crippen molar-refractivity contribution in [1.82, 2.24) is 14.7 Å². The first-order valence-electron chi connectivity index (χ1n) is 11.8. The van der Waals surface area contributed by atoms with Gasteiger partial charge in [0, 0.05) is 18.7 Å². The molecule has 0 aliphatic rings. The standard InChI is InChI=1S/C26H34N4O4S/c1-6-7-9-12-19(3)27-25(31)23-17-22(16-15-18(23)2)35(33,34)28-24-20(4)29(5)30(26(24)32)21-13-10-8-11-14-21/h8,10-11,13-17,19,28H,6-7,9,12H2,1-5H3,(H,27,31). The lowest BCUT2D eigenvalue weighted by molar-refractivity contribution is 0.0937. The van der Waals surface area contributed by atoms with Crippen LogP contribution in [0.5, 0.6) is 0 Å². The van der Waals surface area contributed by atoms with E-state index in [1.165, 1.54) is 16.8 Å². The Morgan fingerprint density at radius 2 is 1.74 bits per heavy atom. The topological polar surface area (TPSA) is 102 Å². The quantitative estimate of drug-likeness (QED) is 0.407. The number of carbonyl (C=O) groups excluding carboxylic acids is 1. The molecular weight excluding hydrogens is 464 g/mol. The fourth-order valence-corrected chi connectivity index (χ4v) is 5.11. The van der Waals surface area contributed by atoms with E-state index in [0.29, 0.717) is 22.5 Å². The summed E-state index contributed by atoms with van der Waals surface area (Å²) in [7, 11) is -2.43. The van der Waals surface area contributed by atoms with Gasteiger partial charge in [0.2, 0.25) is 0 Å². The van der Waals surface area contributed by atoms with Crippen LogP contribution in [0.1, 0.15) is 61.1 Å². The summed E-state index contributed by atoms with van der Waals surface area (Å²) in [6.07, 6.45) is 4.08.